The van der Waals surface area contributed by atoms with Crippen molar-refractivity contribution in [1.29, 1.82) is 0 Å². The summed E-state index contributed by atoms with van der Waals surface area (Å²) >= 11 is 0. The van der Waals surface area contributed by atoms with Crippen molar-refractivity contribution in [2.75, 3.05) is 52.9 Å². The molecule has 2 rings (SSSR count). The Morgan fingerprint density at radius 1 is 0.917 bits per heavy atom. The fraction of sp³-hybridized carbons (Fsp3) is 0.824. The topological polar surface area (TPSA) is 73.0 Å². The van der Waals surface area contributed by atoms with Gasteiger partial charge in [-0.3, -0.25) is 19.3 Å². The van der Waals surface area contributed by atoms with E-state index in [9.17, 15) is 14.4 Å². The number of likely N-dealkylation sites (tertiary alicyclic amines) is 1. The summed E-state index contributed by atoms with van der Waals surface area (Å²) in [6, 6.07) is 0. The lowest BCUT2D eigenvalue weighted by molar-refractivity contribution is -0.134. The molecule has 0 spiro atoms. The van der Waals surface area contributed by atoms with E-state index < -0.39 is 0 Å². The number of carbonyl (C=O) groups is 3. The molecule has 1 atom stereocenters. The monoisotopic (exact) mass is 338 g/mol. The smallest absolute Gasteiger partial charge is 0.236 e. The summed E-state index contributed by atoms with van der Waals surface area (Å²) in [7, 11) is 1.59. The molecule has 0 unspecified atom stereocenters. The highest BCUT2D eigenvalue weighted by Crippen LogP contribution is 2.13. The van der Waals surface area contributed by atoms with Crippen LogP contribution in [-0.2, 0) is 14.4 Å². The van der Waals surface area contributed by atoms with Crippen molar-refractivity contribution >= 4 is 17.7 Å². The summed E-state index contributed by atoms with van der Waals surface area (Å²) in [4.78, 5) is 42.2. The van der Waals surface area contributed by atoms with E-state index in [2.05, 4.69) is 10.2 Å². The molecule has 7 heteroatoms. The summed E-state index contributed by atoms with van der Waals surface area (Å²) < 4.78 is 0. The van der Waals surface area contributed by atoms with Crippen LogP contribution in [-0.4, -0.2) is 85.3 Å². The van der Waals surface area contributed by atoms with E-state index in [0.29, 0.717) is 32.7 Å². The number of nitrogens with one attached hydrogen (secondary N) is 1. The molecular weight excluding hydrogens is 308 g/mol. The molecule has 0 saturated carbocycles. The van der Waals surface area contributed by atoms with Crippen LogP contribution in [0.5, 0.6) is 0 Å². The maximum Gasteiger partial charge on any atom is 0.236 e. The average molecular weight is 338 g/mol. The van der Waals surface area contributed by atoms with Crippen LogP contribution in [0.3, 0.4) is 0 Å². The number of carbonyl (C=O) groups excluding carboxylic acids is 3. The molecule has 2 heterocycles. The first-order valence-electron chi connectivity index (χ1n) is 8.98. The largest absolute Gasteiger partial charge is 0.359 e. The maximum atomic E-state index is 12.7. The Kier molecular flexibility index (Phi) is 7.02. The quantitative estimate of drug-likeness (QED) is 0.781. The molecule has 0 aromatic rings. The number of rotatable bonds is 3. The predicted molar refractivity (Wildman–Crippen MR) is 91.3 cm³/mol. The van der Waals surface area contributed by atoms with Crippen molar-refractivity contribution in [3.8, 4) is 0 Å². The summed E-state index contributed by atoms with van der Waals surface area (Å²) in [5.74, 6) is -0.466. The van der Waals surface area contributed by atoms with Crippen LogP contribution in [0.2, 0.25) is 0 Å². The van der Waals surface area contributed by atoms with Crippen molar-refractivity contribution < 1.29 is 14.4 Å². The zero-order chi connectivity index (χ0) is 17.5. The van der Waals surface area contributed by atoms with Gasteiger partial charge in [-0.25, -0.2) is 0 Å². The minimum absolute atomic E-state index is 0.0503. The molecule has 0 aliphatic carbocycles. The first-order valence-corrected chi connectivity index (χ1v) is 8.98. The molecule has 2 saturated heterocycles. The average Bonchev–Trinajstić information content (AvgIpc) is 2.94. The minimum atomic E-state index is -0.366. The number of hydrogen-bond acceptors (Lipinski definition) is 4. The van der Waals surface area contributed by atoms with Crippen LogP contribution >= 0.6 is 0 Å². The lowest BCUT2D eigenvalue weighted by Gasteiger charge is -2.27. The van der Waals surface area contributed by atoms with Crippen LogP contribution in [0.1, 0.15) is 32.6 Å². The molecule has 24 heavy (non-hydrogen) atoms. The molecule has 0 aromatic carbocycles. The van der Waals surface area contributed by atoms with Gasteiger partial charge in [-0.15, -0.1) is 0 Å². The Hall–Kier alpha value is -1.63. The highest BCUT2D eigenvalue weighted by Gasteiger charge is 2.31. The fourth-order valence-electron chi connectivity index (χ4n) is 3.48. The molecule has 0 radical (unpaired) electrons. The van der Waals surface area contributed by atoms with Gasteiger partial charge in [0.2, 0.25) is 17.7 Å². The summed E-state index contributed by atoms with van der Waals surface area (Å²) in [6.07, 6.45) is 4.76. The molecule has 0 bridgehead atoms. The Bertz CT molecular complexity index is 461. The van der Waals surface area contributed by atoms with Gasteiger partial charge in [0.25, 0.3) is 0 Å². The summed E-state index contributed by atoms with van der Waals surface area (Å²) in [5.41, 5.74) is 0. The van der Waals surface area contributed by atoms with Gasteiger partial charge in [0, 0.05) is 40.2 Å². The second-order valence-corrected chi connectivity index (χ2v) is 6.81. The van der Waals surface area contributed by atoms with E-state index >= 15 is 0 Å². The number of hydrogen-bond donors (Lipinski definition) is 1. The minimum Gasteiger partial charge on any atom is -0.359 e. The van der Waals surface area contributed by atoms with E-state index in [1.54, 1.807) is 16.8 Å². The normalized spacial score (nSPS) is 23.3. The van der Waals surface area contributed by atoms with Crippen LogP contribution in [0, 0.1) is 5.92 Å². The molecule has 7 nitrogen and oxygen atoms in total. The van der Waals surface area contributed by atoms with Gasteiger partial charge in [-0.05, 0) is 25.9 Å². The number of nitrogens with zero attached hydrogens (tertiary/aromatic N) is 3. The van der Waals surface area contributed by atoms with Crippen molar-refractivity contribution in [1.82, 2.24) is 20.0 Å². The summed E-state index contributed by atoms with van der Waals surface area (Å²) in [5, 5.41) is 2.65. The SMILES string of the molecule is CNC(=O)[C@@H]1CN(C(C)=O)CCN(C(=O)CN2CCCCCC2)C1. The van der Waals surface area contributed by atoms with Gasteiger partial charge < -0.3 is 15.1 Å². The standard InChI is InChI=1S/C17H30N4O3/c1-14(22)20-9-10-21(12-15(11-20)17(24)18-2)16(23)13-19-7-5-3-4-6-8-19/h15H,3-13H2,1-2H3,(H,18,24)/t15-/m1/s1. The van der Waals surface area contributed by atoms with Gasteiger partial charge in [0.1, 0.15) is 0 Å². The van der Waals surface area contributed by atoms with Crippen LogP contribution in [0.15, 0.2) is 0 Å². The molecule has 136 valence electrons. The lowest BCUT2D eigenvalue weighted by atomic mass is 10.1. The number of amides is 3. The zero-order valence-electron chi connectivity index (χ0n) is 14.9. The fourth-order valence-corrected chi connectivity index (χ4v) is 3.48. The first kappa shape index (κ1) is 18.7. The Morgan fingerprint density at radius 3 is 2.08 bits per heavy atom. The first-order chi connectivity index (χ1) is 11.5. The van der Waals surface area contributed by atoms with Crippen LogP contribution < -0.4 is 5.32 Å². The van der Waals surface area contributed by atoms with E-state index in [4.69, 9.17) is 0 Å². The third-order valence-electron chi connectivity index (χ3n) is 4.99. The second kappa shape index (κ2) is 9.01. The lowest BCUT2D eigenvalue weighted by Crippen LogP contribution is -2.45. The van der Waals surface area contributed by atoms with Gasteiger partial charge in [0.15, 0.2) is 0 Å². The van der Waals surface area contributed by atoms with Gasteiger partial charge >= 0.3 is 0 Å². The van der Waals surface area contributed by atoms with Gasteiger partial charge in [-0.1, -0.05) is 12.8 Å². The van der Waals surface area contributed by atoms with Gasteiger partial charge in [0.05, 0.1) is 12.5 Å². The second-order valence-electron chi connectivity index (χ2n) is 6.81. The highest BCUT2D eigenvalue weighted by atomic mass is 16.2. The summed E-state index contributed by atoms with van der Waals surface area (Å²) in [6.45, 7) is 5.62. The predicted octanol–water partition coefficient (Wildman–Crippen LogP) is -0.0847. The molecule has 3 amide bonds. The van der Waals surface area contributed by atoms with E-state index in [0.717, 1.165) is 25.9 Å². The molecule has 1 N–H and O–H groups in total. The molecule has 2 aliphatic rings. The Balaban J connectivity index is 2.00. The molecule has 2 aliphatic heterocycles. The van der Waals surface area contributed by atoms with E-state index in [1.165, 1.54) is 19.8 Å². The van der Waals surface area contributed by atoms with E-state index in [-0.39, 0.29) is 23.6 Å². The maximum absolute atomic E-state index is 12.7. The van der Waals surface area contributed by atoms with Crippen molar-refractivity contribution in [2.45, 2.75) is 32.6 Å². The molecular formula is C17H30N4O3. The third kappa shape index (κ3) is 5.19. The van der Waals surface area contributed by atoms with Crippen LogP contribution in [0.4, 0.5) is 0 Å². The van der Waals surface area contributed by atoms with Crippen LogP contribution in [0.25, 0.3) is 0 Å². The Morgan fingerprint density at radius 2 is 1.50 bits per heavy atom. The van der Waals surface area contributed by atoms with E-state index in [1.807, 2.05) is 0 Å². The van der Waals surface area contributed by atoms with Gasteiger partial charge in [-0.2, -0.15) is 0 Å². The third-order valence-corrected chi connectivity index (χ3v) is 4.99. The zero-order valence-corrected chi connectivity index (χ0v) is 14.9. The molecule has 2 fully saturated rings. The molecule has 0 aromatic heterocycles. The Labute approximate surface area is 144 Å². The van der Waals surface area contributed by atoms with Crippen molar-refractivity contribution in [2.24, 2.45) is 5.92 Å². The van der Waals surface area contributed by atoms with Crippen molar-refractivity contribution in [3.05, 3.63) is 0 Å². The van der Waals surface area contributed by atoms with Crippen molar-refractivity contribution in [3.63, 3.8) is 0 Å². The highest BCUT2D eigenvalue weighted by molar-refractivity contribution is 5.83.